The third kappa shape index (κ3) is 3.56. The van der Waals surface area contributed by atoms with E-state index in [2.05, 4.69) is 112 Å². The molecule has 0 N–H and O–H groups in total. The summed E-state index contributed by atoms with van der Waals surface area (Å²) >= 11 is 0. The van der Waals surface area contributed by atoms with Crippen LogP contribution in [0.4, 0.5) is 0 Å². The number of rotatable bonds is 5. The van der Waals surface area contributed by atoms with Gasteiger partial charge in [-0.1, -0.05) is 88.4 Å². The van der Waals surface area contributed by atoms with E-state index in [0.29, 0.717) is 35.0 Å². The van der Waals surface area contributed by atoms with Gasteiger partial charge in [0.2, 0.25) is 0 Å². The molecule has 210 valence electrons. The summed E-state index contributed by atoms with van der Waals surface area (Å²) in [4.78, 5) is 0. The summed E-state index contributed by atoms with van der Waals surface area (Å²) < 4.78 is 6.01. The molecule has 0 amide bonds. The second-order valence-corrected chi connectivity index (χ2v) is 17.7. The fraction of sp³-hybridized carbons (Fsp3) is 0.556. The van der Waals surface area contributed by atoms with Crippen molar-refractivity contribution in [2.45, 2.75) is 91.4 Å². The van der Waals surface area contributed by atoms with Crippen molar-refractivity contribution in [1.29, 1.82) is 0 Å². The highest BCUT2D eigenvalue weighted by molar-refractivity contribution is 7.41. The molecule has 10 atom stereocenters. The Morgan fingerprint density at radius 1 is 0.625 bits per heavy atom. The van der Waals surface area contributed by atoms with Crippen molar-refractivity contribution in [2.75, 3.05) is 0 Å². The minimum atomic E-state index is 0.433. The number of hydrogen-bond donors (Lipinski definition) is 0. The van der Waals surface area contributed by atoms with Crippen LogP contribution < -0.4 is 0 Å². The third-order valence-electron chi connectivity index (χ3n) is 12.8. The first kappa shape index (κ1) is 26.3. The summed E-state index contributed by atoms with van der Waals surface area (Å²) in [6, 6.07) is 24.7. The Hall–Kier alpha value is -1.30. The molecule has 2 heterocycles. The molecule has 0 radical (unpaired) electrons. The molecule has 2 nitrogen and oxygen atoms in total. The van der Waals surface area contributed by atoms with Gasteiger partial charge in [0.15, 0.2) is 0 Å². The minimum absolute atomic E-state index is 0.433. The molecule has 0 saturated heterocycles. The summed E-state index contributed by atoms with van der Waals surface area (Å²) in [6.07, 6.45) is 5.54. The zero-order chi connectivity index (χ0) is 27.6. The van der Waals surface area contributed by atoms with Crippen molar-refractivity contribution < 1.29 is 0 Å². The van der Waals surface area contributed by atoms with Gasteiger partial charge < -0.3 is 0 Å². The Morgan fingerprint density at radius 2 is 1.00 bits per heavy atom. The summed E-state index contributed by atoms with van der Waals surface area (Å²) in [5, 5.41) is 3.69. The molecule has 40 heavy (non-hydrogen) atoms. The molecule has 2 fully saturated rings. The first-order valence-electron chi connectivity index (χ1n) is 15.8. The van der Waals surface area contributed by atoms with Crippen molar-refractivity contribution in [3.63, 3.8) is 0 Å². The highest BCUT2D eigenvalue weighted by atomic mass is 31.1. The van der Waals surface area contributed by atoms with Gasteiger partial charge in [-0.05, 0) is 124 Å². The van der Waals surface area contributed by atoms with E-state index in [4.69, 9.17) is 0 Å². The van der Waals surface area contributed by atoms with Crippen LogP contribution in [-0.2, 0) is 0 Å². The van der Waals surface area contributed by atoms with E-state index < -0.39 is 0 Å². The number of nitrogens with zero attached hydrogens (tertiary/aromatic N) is 2. The smallest absolute Gasteiger partial charge is 0.0558 e. The SMILES string of the molecule is CC(c1ccccc1)N1PC2=C(C1C1C3=C(CC4CC3C4(C)C)PN1C(C)c1ccccc1)C1CC(C2)C1(C)C. The van der Waals surface area contributed by atoms with Gasteiger partial charge in [0.05, 0.1) is 12.1 Å². The van der Waals surface area contributed by atoms with Gasteiger partial charge in [-0.15, -0.1) is 0 Å². The van der Waals surface area contributed by atoms with Crippen molar-refractivity contribution in [3.8, 4) is 0 Å². The molecule has 8 aliphatic rings. The molecule has 10 unspecified atom stereocenters. The standard InChI is InChI=1S/C36H46N2P2/c1-21(23-13-9-7-10-14-23)37-33(31-27-17-25(35(27,3)4)19-29(31)39-37)34-32-28-18-26(36(28,5)6)20-30(32)40-38(34)22(2)24-15-11-8-12-16-24/h7-16,21-22,25-28,33-34,39-40H,17-20H2,1-6H3. The fourth-order valence-electron chi connectivity index (χ4n) is 9.77. The van der Waals surface area contributed by atoms with Gasteiger partial charge >= 0.3 is 0 Å². The molecule has 6 aliphatic carbocycles. The molecule has 2 aromatic rings. The Kier molecular flexibility index (Phi) is 5.99. The molecule has 2 aromatic carbocycles. The fourth-order valence-corrected chi connectivity index (χ4v) is 13.5. The van der Waals surface area contributed by atoms with Crippen LogP contribution in [0, 0.1) is 34.5 Å². The van der Waals surface area contributed by atoms with Crippen LogP contribution in [0.25, 0.3) is 0 Å². The largest absolute Gasteiger partial charge is 0.265 e. The number of benzene rings is 2. The number of allylic oxidation sites excluding steroid dienone is 2. The Bertz CT molecular complexity index is 1280. The lowest BCUT2D eigenvalue weighted by molar-refractivity contribution is -0.0255. The first-order valence-corrected chi connectivity index (χ1v) is 17.7. The average Bonchev–Trinajstić information content (AvgIpc) is 3.55. The van der Waals surface area contributed by atoms with Crippen molar-refractivity contribution >= 4 is 17.5 Å². The zero-order valence-electron chi connectivity index (χ0n) is 25.1. The van der Waals surface area contributed by atoms with Crippen LogP contribution in [0.1, 0.15) is 90.4 Å². The highest BCUT2D eigenvalue weighted by Gasteiger charge is 2.63. The van der Waals surface area contributed by atoms with Gasteiger partial charge in [0.25, 0.3) is 0 Å². The summed E-state index contributed by atoms with van der Waals surface area (Å²) in [6.45, 7) is 15.4. The van der Waals surface area contributed by atoms with Crippen molar-refractivity contribution in [2.24, 2.45) is 34.5 Å². The summed E-state index contributed by atoms with van der Waals surface area (Å²) in [5.74, 6) is 3.30. The van der Waals surface area contributed by atoms with Crippen LogP contribution in [-0.4, -0.2) is 21.4 Å². The van der Waals surface area contributed by atoms with Gasteiger partial charge in [-0.2, -0.15) is 0 Å². The molecule has 0 spiro atoms. The minimum Gasteiger partial charge on any atom is -0.265 e. The molecule has 10 rings (SSSR count). The molecule has 0 aromatic heterocycles. The highest BCUT2D eigenvalue weighted by Crippen LogP contribution is 2.73. The quantitative estimate of drug-likeness (QED) is 0.331. The predicted molar refractivity (Wildman–Crippen MR) is 172 cm³/mol. The van der Waals surface area contributed by atoms with Crippen LogP contribution in [0.5, 0.6) is 0 Å². The van der Waals surface area contributed by atoms with Gasteiger partial charge in [-0.25, -0.2) is 0 Å². The molecule has 2 aliphatic heterocycles. The van der Waals surface area contributed by atoms with Gasteiger partial charge in [0.1, 0.15) is 0 Å². The average molecular weight is 569 g/mol. The zero-order valence-corrected chi connectivity index (χ0v) is 27.1. The normalized spacial score (nSPS) is 38.1. The van der Waals surface area contributed by atoms with Crippen LogP contribution in [0.2, 0.25) is 0 Å². The predicted octanol–water partition coefficient (Wildman–Crippen LogP) is 9.70. The molecule has 4 heteroatoms. The van der Waals surface area contributed by atoms with Crippen LogP contribution >= 0.6 is 17.5 Å². The second-order valence-electron chi connectivity index (χ2n) is 15.0. The topological polar surface area (TPSA) is 6.48 Å². The Morgan fingerprint density at radius 3 is 1.35 bits per heavy atom. The summed E-state index contributed by atoms with van der Waals surface area (Å²) in [7, 11) is 1.69. The maximum absolute atomic E-state index is 3.00. The molecule has 2 saturated carbocycles. The van der Waals surface area contributed by atoms with E-state index in [1.54, 1.807) is 0 Å². The lowest BCUT2D eigenvalue weighted by Crippen LogP contribution is -2.57. The molecule has 4 bridgehead atoms. The van der Waals surface area contributed by atoms with Crippen LogP contribution in [0.15, 0.2) is 82.4 Å². The molecular formula is C36H46N2P2. The van der Waals surface area contributed by atoms with E-state index >= 15 is 0 Å². The summed E-state index contributed by atoms with van der Waals surface area (Å²) in [5.41, 5.74) is 7.65. The Balaban J connectivity index is 1.28. The number of hydrogen-bond acceptors (Lipinski definition) is 2. The maximum atomic E-state index is 3.00. The maximum Gasteiger partial charge on any atom is 0.0558 e. The van der Waals surface area contributed by atoms with Crippen molar-refractivity contribution in [3.05, 3.63) is 93.6 Å². The third-order valence-corrected chi connectivity index (χ3v) is 16.1. The van der Waals surface area contributed by atoms with Gasteiger partial charge in [-0.3, -0.25) is 9.34 Å². The lowest BCUT2D eigenvalue weighted by atomic mass is 9.46. The second kappa shape index (κ2) is 9.10. The lowest BCUT2D eigenvalue weighted by Gasteiger charge is -2.60. The van der Waals surface area contributed by atoms with E-state index in [1.807, 2.05) is 21.8 Å². The van der Waals surface area contributed by atoms with E-state index in [9.17, 15) is 0 Å². The van der Waals surface area contributed by atoms with Gasteiger partial charge in [0, 0.05) is 12.1 Å². The van der Waals surface area contributed by atoms with Crippen molar-refractivity contribution in [1.82, 2.24) is 9.34 Å². The van der Waals surface area contributed by atoms with E-state index in [0.717, 1.165) is 41.1 Å². The monoisotopic (exact) mass is 568 g/mol. The molecular weight excluding hydrogens is 522 g/mol. The van der Waals surface area contributed by atoms with E-state index in [-0.39, 0.29) is 0 Å². The first-order chi connectivity index (χ1) is 19.2. The van der Waals surface area contributed by atoms with Crippen LogP contribution in [0.3, 0.4) is 0 Å². The van der Waals surface area contributed by atoms with E-state index in [1.165, 1.54) is 36.8 Å². The Labute approximate surface area is 245 Å².